The molecule has 0 aliphatic rings. The molecule has 10 heteroatoms. The van der Waals surface area contributed by atoms with E-state index in [-0.39, 0.29) is 28.7 Å². The van der Waals surface area contributed by atoms with Crippen LogP contribution in [0.25, 0.3) is 0 Å². The van der Waals surface area contributed by atoms with E-state index in [1.807, 2.05) is 0 Å². The molecule has 1 rings (SSSR count). The number of carbonyl (C=O) groups is 3. The lowest BCUT2D eigenvalue weighted by Crippen LogP contribution is -2.54. The van der Waals surface area contributed by atoms with Crippen molar-refractivity contribution in [2.75, 3.05) is 13.7 Å². The Hall–Kier alpha value is -2.59. The predicted molar refractivity (Wildman–Crippen MR) is 117 cm³/mol. The van der Waals surface area contributed by atoms with Crippen molar-refractivity contribution in [3.05, 3.63) is 41.2 Å². The number of halogens is 1. The summed E-state index contributed by atoms with van der Waals surface area (Å²) in [4.78, 5) is 37.3. The summed E-state index contributed by atoms with van der Waals surface area (Å²) in [6.07, 6.45) is -1.04. The summed E-state index contributed by atoms with van der Waals surface area (Å²) in [5.41, 5.74) is -2.60. The maximum absolute atomic E-state index is 14.0. The van der Waals surface area contributed by atoms with Gasteiger partial charge < -0.3 is 19.9 Å². The summed E-state index contributed by atoms with van der Waals surface area (Å²) in [6, 6.07) is 2.97. The first-order chi connectivity index (χ1) is 14.1. The molecular formula is C21H29FN2O6S. The van der Waals surface area contributed by atoms with Gasteiger partial charge in [-0.3, -0.25) is 9.69 Å². The molecule has 2 amide bonds. The van der Waals surface area contributed by atoms with Gasteiger partial charge in [0.25, 0.3) is 0 Å². The molecule has 0 radical (unpaired) electrons. The van der Waals surface area contributed by atoms with E-state index in [9.17, 15) is 23.9 Å². The van der Waals surface area contributed by atoms with Crippen molar-refractivity contribution in [2.24, 2.45) is 0 Å². The number of carboxylic acid groups (broad SMARTS) is 1. The molecule has 8 nitrogen and oxygen atoms in total. The Morgan fingerprint density at radius 3 is 2.32 bits per heavy atom. The highest BCUT2D eigenvalue weighted by molar-refractivity contribution is 7.84. The number of ketones is 1. The number of nitrogens with one attached hydrogen (secondary N) is 1. The molecule has 1 aromatic carbocycles. The number of thiol groups is 1. The number of rotatable bonds is 10. The predicted octanol–water partition coefficient (Wildman–Crippen LogP) is 3.54. The van der Waals surface area contributed by atoms with E-state index >= 15 is 0 Å². The highest BCUT2D eigenvalue weighted by atomic mass is 32.1. The largest absolute Gasteiger partial charge is 0.496 e. The molecule has 0 saturated heterocycles. The van der Waals surface area contributed by atoms with E-state index in [4.69, 9.17) is 9.47 Å². The minimum atomic E-state index is -1.58. The van der Waals surface area contributed by atoms with Crippen LogP contribution in [0.15, 0.2) is 29.8 Å². The summed E-state index contributed by atoms with van der Waals surface area (Å²) in [5.74, 6) is -1.83. The number of nitrogens with zero attached hydrogens (tertiary/aromatic N) is 1. The fourth-order valence-corrected chi connectivity index (χ4v) is 2.63. The molecule has 0 saturated carbocycles. The molecule has 0 fully saturated rings. The lowest BCUT2D eigenvalue weighted by Gasteiger charge is -2.34. The maximum Gasteiger partial charge on any atom is 0.328 e. The van der Waals surface area contributed by atoms with Crippen molar-refractivity contribution < 1.29 is 33.4 Å². The van der Waals surface area contributed by atoms with E-state index in [1.54, 1.807) is 13.8 Å². The fourth-order valence-electron chi connectivity index (χ4n) is 2.45. The molecule has 0 aliphatic carbocycles. The number of carbonyl (C=O) groups excluding carboxylic acids is 2. The van der Waals surface area contributed by atoms with Gasteiger partial charge in [-0.05, 0) is 52.8 Å². The van der Waals surface area contributed by atoms with Gasteiger partial charge in [0.1, 0.15) is 28.8 Å². The van der Waals surface area contributed by atoms with Crippen LogP contribution >= 0.6 is 12.6 Å². The van der Waals surface area contributed by atoms with Crippen molar-refractivity contribution in [3.63, 3.8) is 0 Å². The molecule has 1 aromatic rings. The minimum Gasteiger partial charge on any atom is -0.496 e. The second-order valence-electron chi connectivity index (χ2n) is 7.95. The van der Waals surface area contributed by atoms with E-state index in [2.05, 4.69) is 24.5 Å². The van der Waals surface area contributed by atoms with Gasteiger partial charge >= 0.3 is 12.0 Å². The number of methoxy groups -OCH3 is 1. The molecule has 0 spiro atoms. The van der Waals surface area contributed by atoms with Crippen LogP contribution in [-0.4, -0.2) is 52.6 Å². The van der Waals surface area contributed by atoms with Gasteiger partial charge in [0.05, 0.1) is 18.7 Å². The van der Waals surface area contributed by atoms with E-state index in [0.717, 1.165) is 4.90 Å². The number of aliphatic carboxylic acids is 1. The van der Waals surface area contributed by atoms with Crippen LogP contribution in [0.2, 0.25) is 0 Å². The molecule has 0 aliphatic heterocycles. The van der Waals surface area contributed by atoms with Crippen LogP contribution in [0.4, 0.5) is 9.18 Å². The molecular weight excluding hydrogens is 427 g/mol. The van der Waals surface area contributed by atoms with Crippen LogP contribution in [0.5, 0.6) is 5.75 Å². The molecule has 0 heterocycles. The normalized spacial score (nSPS) is 12.6. The SMILES string of the molecule is C=C(S)N(C[C@H](OC(C)(C)C(C)=O)c1cc(F)ccc1OC)C(=O)NC(C)(C)C(=O)O. The zero-order valence-electron chi connectivity index (χ0n) is 18.5. The molecule has 172 valence electrons. The first-order valence-corrected chi connectivity index (χ1v) is 9.80. The third-order valence-electron chi connectivity index (χ3n) is 4.68. The van der Waals surface area contributed by atoms with E-state index in [1.165, 1.54) is 46.1 Å². The van der Waals surface area contributed by atoms with Gasteiger partial charge in [0, 0.05) is 5.56 Å². The second kappa shape index (κ2) is 10.1. The molecule has 31 heavy (non-hydrogen) atoms. The van der Waals surface area contributed by atoms with Crippen LogP contribution in [0, 0.1) is 5.82 Å². The van der Waals surface area contributed by atoms with Crippen LogP contribution in [0.3, 0.4) is 0 Å². The van der Waals surface area contributed by atoms with Crippen LogP contribution in [-0.2, 0) is 14.3 Å². The van der Waals surface area contributed by atoms with Gasteiger partial charge in [-0.15, -0.1) is 12.6 Å². The molecule has 0 bridgehead atoms. The first-order valence-electron chi connectivity index (χ1n) is 9.35. The topological polar surface area (TPSA) is 105 Å². The molecule has 2 N–H and O–H groups in total. The average molecular weight is 457 g/mol. The monoisotopic (exact) mass is 456 g/mol. The molecule has 0 unspecified atom stereocenters. The first kappa shape index (κ1) is 26.4. The summed E-state index contributed by atoms with van der Waals surface area (Å²) in [5, 5.41) is 11.6. The number of amides is 2. The number of urea groups is 1. The lowest BCUT2D eigenvalue weighted by atomic mass is 10.0. The highest BCUT2D eigenvalue weighted by Crippen LogP contribution is 2.33. The van der Waals surface area contributed by atoms with Crippen LogP contribution < -0.4 is 10.1 Å². The maximum atomic E-state index is 14.0. The number of carboxylic acids is 1. The Bertz CT molecular complexity index is 871. The highest BCUT2D eigenvalue weighted by Gasteiger charge is 2.35. The second-order valence-corrected chi connectivity index (χ2v) is 8.46. The van der Waals surface area contributed by atoms with Gasteiger partial charge in [0.2, 0.25) is 0 Å². The van der Waals surface area contributed by atoms with Crippen molar-refractivity contribution in [1.82, 2.24) is 10.2 Å². The lowest BCUT2D eigenvalue weighted by molar-refractivity contribution is -0.147. The summed E-state index contributed by atoms with van der Waals surface area (Å²) in [6.45, 7) is 10.5. The fraction of sp³-hybridized carbons (Fsp3) is 0.476. The summed E-state index contributed by atoms with van der Waals surface area (Å²) >= 11 is 4.14. The quantitative estimate of drug-likeness (QED) is 0.465. The number of ether oxygens (including phenoxy) is 2. The number of hydrogen-bond acceptors (Lipinski definition) is 6. The standard InChI is InChI=1S/C21H29FN2O6S/c1-12(25)21(5,6)30-17(15-10-14(22)8-9-16(15)29-7)11-24(13(2)31)19(28)23-20(3,4)18(26)27/h8-10,17,31H,2,11H2,1,3-7H3,(H,23,28)(H,26,27)/t17-/m0/s1. The Labute approximate surface area is 186 Å². The van der Waals surface area contributed by atoms with Crippen molar-refractivity contribution in [1.29, 1.82) is 0 Å². The van der Waals surface area contributed by atoms with Gasteiger partial charge in [-0.1, -0.05) is 6.58 Å². The van der Waals surface area contributed by atoms with Gasteiger partial charge in [0.15, 0.2) is 5.78 Å². The van der Waals surface area contributed by atoms with Gasteiger partial charge in [-0.25, -0.2) is 14.0 Å². The van der Waals surface area contributed by atoms with Crippen LogP contribution in [0.1, 0.15) is 46.3 Å². The summed E-state index contributed by atoms with van der Waals surface area (Å²) < 4.78 is 25.3. The third-order valence-corrected chi connectivity index (χ3v) is 4.92. The molecule has 1 atom stereocenters. The zero-order chi connectivity index (χ0) is 24.1. The van der Waals surface area contributed by atoms with Crippen molar-refractivity contribution in [2.45, 2.75) is 51.9 Å². The Kier molecular flexibility index (Phi) is 8.65. The van der Waals surface area contributed by atoms with E-state index in [0.29, 0.717) is 0 Å². The minimum absolute atomic E-state index is 0.0108. The smallest absolute Gasteiger partial charge is 0.328 e. The summed E-state index contributed by atoms with van der Waals surface area (Å²) in [7, 11) is 1.39. The third kappa shape index (κ3) is 6.96. The van der Waals surface area contributed by atoms with E-state index < -0.39 is 35.1 Å². The van der Waals surface area contributed by atoms with Crippen molar-refractivity contribution in [3.8, 4) is 5.75 Å². The average Bonchev–Trinajstić information content (AvgIpc) is 2.63. The Morgan fingerprint density at radius 2 is 1.87 bits per heavy atom. The Balaban J connectivity index is 3.42. The Morgan fingerprint density at radius 1 is 1.29 bits per heavy atom. The number of benzene rings is 1. The van der Waals surface area contributed by atoms with Gasteiger partial charge in [-0.2, -0.15) is 0 Å². The van der Waals surface area contributed by atoms with Crippen molar-refractivity contribution >= 4 is 30.4 Å². The zero-order valence-corrected chi connectivity index (χ0v) is 19.4. The number of Topliss-reactive ketones (excluding diaryl/α,β-unsaturated/α-hetero) is 1. The number of hydrogen-bond donors (Lipinski definition) is 3. The molecule has 0 aromatic heterocycles.